The number of rotatable bonds is 6. The van der Waals surface area contributed by atoms with Crippen LogP contribution in [0.2, 0.25) is 5.02 Å². The molecule has 170 valence electrons. The van der Waals surface area contributed by atoms with E-state index in [1.165, 1.54) is 11.0 Å². The Morgan fingerprint density at radius 2 is 1.84 bits per heavy atom. The summed E-state index contributed by atoms with van der Waals surface area (Å²) in [6.45, 7) is 5.73. The number of aryl methyl sites for hydroxylation is 1. The van der Waals surface area contributed by atoms with Gasteiger partial charge in [0.2, 0.25) is 0 Å². The van der Waals surface area contributed by atoms with Gasteiger partial charge in [0.15, 0.2) is 0 Å². The summed E-state index contributed by atoms with van der Waals surface area (Å²) < 4.78 is 13.4. The fourth-order valence-electron chi connectivity index (χ4n) is 4.07. The molecule has 1 aromatic heterocycles. The van der Waals surface area contributed by atoms with Crippen LogP contribution in [0.5, 0.6) is 0 Å². The first-order chi connectivity index (χ1) is 15.3. The Morgan fingerprint density at radius 3 is 2.47 bits per heavy atom. The summed E-state index contributed by atoms with van der Waals surface area (Å²) in [5.74, 6) is -1.39. The second kappa shape index (κ2) is 8.94. The Kier molecular flexibility index (Phi) is 6.24. The van der Waals surface area contributed by atoms with E-state index in [4.69, 9.17) is 11.6 Å². The van der Waals surface area contributed by atoms with Crippen LogP contribution in [0, 0.1) is 25.6 Å². The van der Waals surface area contributed by atoms with E-state index in [9.17, 15) is 18.8 Å². The van der Waals surface area contributed by atoms with E-state index >= 15 is 0 Å². The highest BCUT2D eigenvalue weighted by molar-refractivity contribution is 6.43. The van der Waals surface area contributed by atoms with Gasteiger partial charge in [-0.1, -0.05) is 11.6 Å². The van der Waals surface area contributed by atoms with Crippen LogP contribution >= 0.6 is 11.6 Å². The van der Waals surface area contributed by atoms with E-state index in [-0.39, 0.29) is 16.5 Å². The summed E-state index contributed by atoms with van der Waals surface area (Å²) in [6, 6.07) is 4.52. The summed E-state index contributed by atoms with van der Waals surface area (Å²) in [7, 11) is 0. The molecule has 4 rings (SSSR count). The molecule has 1 saturated carbocycles. The second-order valence-electron chi connectivity index (χ2n) is 8.49. The zero-order valence-electron chi connectivity index (χ0n) is 18.1. The number of ketones is 1. The molecule has 2 aliphatic rings. The number of hydrogen-bond donors (Lipinski definition) is 2. The number of Topliss-reactive ketones (excluding diaryl/α,β-unsaturated/α-hetero) is 1. The zero-order chi connectivity index (χ0) is 23.0. The molecule has 7 nitrogen and oxygen atoms in total. The van der Waals surface area contributed by atoms with Crippen molar-refractivity contribution in [2.45, 2.75) is 26.7 Å². The van der Waals surface area contributed by atoms with Crippen LogP contribution in [-0.2, 0) is 4.79 Å². The summed E-state index contributed by atoms with van der Waals surface area (Å²) in [5, 5.41) is 2.93. The Labute approximate surface area is 190 Å². The molecule has 1 aliphatic carbocycles. The van der Waals surface area contributed by atoms with Gasteiger partial charge in [0.1, 0.15) is 11.5 Å². The summed E-state index contributed by atoms with van der Waals surface area (Å²) in [5.41, 5.74) is 2.37. The van der Waals surface area contributed by atoms with E-state index < -0.39 is 17.5 Å². The molecular weight excluding hydrogens is 435 g/mol. The predicted octanol–water partition coefficient (Wildman–Crippen LogP) is 3.10. The Bertz CT molecular complexity index is 1070. The van der Waals surface area contributed by atoms with Gasteiger partial charge in [-0.25, -0.2) is 4.39 Å². The van der Waals surface area contributed by atoms with Gasteiger partial charge in [0.25, 0.3) is 17.6 Å². The molecule has 0 bridgehead atoms. The number of hydrogen-bond acceptors (Lipinski definition) is 4. The van der Waals surface area contributed by atoms with Crippen LogP contribution < -0.4 is 10.2 Å². The average Bonchev–Trinajstić information content (AvgIpc) is 3.57. The maximum Gasteiger partial charge on any atom is 0.295 e. The van der Waals surface area contributed by atoms with Crippen LogP contribution in [-0.4, -0.2) is 60.2 Å². The maximum atomic E-state index is 13.4. The van der Waals surface area contributed by atoms with E-state index in [2.05, 4.69) is 10.3 Å². The van der Waals surface area contributed by atoms with E-state index in [0.717, 1.165) is 18.5 Å². The van der Waals surface area contributed by atoms with Gasteiger partial charge in [-0.2, -0.15) is 0 Å². The lowest BCUT2D eigenvalue weighted by Crippen LogP contribution is -2.50. The molecule has 2 fully saturated rings. The predicted molar refractivity (Wildman–Crippen MR) is 120 cm³/mol. The van der Waals surface area contributed by atoms with Gasteiger partial charge in [0, 0.05) is 44.1 Å². The third-order valence-corrected chi connectivity index (χ3v) is 6.46. The molecular formula is C23H26ClFN4O3. The third kappa shape index (κ3) is 4.50. The first-order valence-electron chi connectivity index (χ1n) is 10.8. The van der Waals surface area contributed by atoms with Crippen molar-refractivity contribution in [1.29, 1.82) is 0 Å². The number of H-pyrrole nitrogens is 1. The zero-order valence-corrected chi connectivity index (χ0v) is 18.9. The number of carbonyl (C=O) groups excluding carboxylic acids is 3. The van der Waals surface area contributed by atoms with Crippen LogP contribution in [0.15, 0.2) is 18.2 Å². The van der Waals surface area contributed by atoms with Crippen molar-refractivity contribution in [2.75, 3.05) is 37.6 Å². The van der Waals surface area contributed by atoms with Crippen molar-refractivity contribution in [3.63, 3.8) is 0 Å². The second-order valence-corrected chi connectivity index (χ2v) is 8.89. The van der Waals surface area contributed by atoms with Crippen molar-refractivity contribution in [3.8, 4) is 0 Å². The minimum atomic E-state index is -0.615. The highest BCUT2D eigenvalue weighted by Crippen LogP contribution is 2.28. The number of aromatic amines is 1. The fraction of sp³-hybridized carbons (Fsp3) is 0.435. The van der Waals surface area contributed by atoms with Crippen LogP contribution in [0.4, 0.5) is 10.1 Å². The summed E-state index contributed by atoms with van der Waals surface area (Å²) >= 11 is 5.87. The molecule has 2 heterocycles. The number of piperazine rings is 1. The average molecular weight is 461 g/mol. The number of amides is 2. The number of aromatic nitrogens is 1. The quantitative estimate of drug-likeness (QED) is 0.512. The lowest BCUT2D eigenvalue weighted by atomic mass is 10.0. The standard InChI is InChI=1S/C23H26ClFN4O3/c1-13-19(14(2)27-20(13)22(31)26-12-15-3-4-15)21(30)23(32)29-9-7-28(8-10-29)16-5-6-18(25)17(24)11-16/h5-6,11,15,27H,3-4,7-10,12H2,1-2H3,(H,26,31). The molecule has 1 saturated heterocycles. The highest BCUT2D eigenvalue weighted by Gasteiger charge is 2.32. The van der Waals surface area contributed by atoms with Gasteiger partial charge < -0.3 is 20.1 Å². The first-order valence-corrected chi connectivity index (χ1v) is 11.1. The number of anilines is 1. The summed E-state index contributed by atoms with van der Waals surface area (Å²) in [4.78, 5) is 44.9. The molecule has 0 unspecified atom stereocenters. The molecule has 32 heavy (non-hydrogen) atoms. The Hall–Kier alpha value is -2.87. The number of carbonyl (C=O) groups is 3. The van der Waals surface area contributed by atoms with Crippen molar-refractivity contribution >= 4 is 34.9 Å². The largest absolute Gasteiger partial charge is 0.368 e. The van der Waals surface area contributed by atoms with E-state index in [1.54, 1.807) is 26.0 Å². The van der Waals surface area contributed by atoms with Crippen molar-refractivity contribution in [3.05, 3.63) is 51.6 Å². The van der Waals surface area contributed by atoms with Crippen LogP contribution in [0.25, 0.3) is 0 Å². The number of benzene rings is 1. The lowest BCUT2D eigenvalue weighted by molar-refractivity contribution is -0.126. The van der Waals surface area contributed by atoms with Gasteiger partial charge >= 0.3 is 0 Å². The molecule has 2 N–H and O–H groups in total. The maximum absolute atomic E-state index is 13.4. The Morgan fingerprint density at radius 1 is 1.16 bits per heavy atom. The molecule has 0 spiro atoms. The Balaban J connectivity index is 1.41. The van der Waals surface area contributed by atoms with Gasteiger partial charge in [-0.05, 0) is 56.4 Å². The van der Waals surface area contributed by atoms with Gasteiger partial charge in [-0.15, -0.1) is 0 Å². The fourth-order valence-corrected chi connectivity index (χ4v) is 4.24. The first kappa shape index (κ1) is 22.3. The molecule has 1 aliphatic heterocycles. The SMILES string of the molecule is Cc1[nH]c(C(=O)NCC2CC2)c(C)c1C(=O)C(=O)N1CCN(c2ccc(F)c(Cl)c2)CC1. The van der Waals surface area contributed by atoms with Gasteiger partial charge in [-0.3, -0.25) is 14.4 Å². The lowest BCUT2D eigenvalue weighted by Gasteiger charge is -2.35. The molecule has 0 radical (unpaired) electrons. The summed E-state index contributed by atoms with van der Waals surface area (Å²) in [6.07, 6.45) is 2.26. The molecule has 1 aromatic carbocycles. The normalized spacial score (nSPS) is 16.2. The molecule has 9 heteroatoms. The van der Waals surface area contributed by atoms with Crippen molar-refractivity contribution in [2.24, 2.45) is 5.92 Å². The minimum Gasteiger partial charge on any atom is -0.368 e. The van der Waals surface area contributed by atoms with E-state index in [0.29, 0.717) is 55.6 Å². The smallest absolute Gasteiger partial charge is 0.295 e. The monoisotopic (exact) mass is 460 g/mol. The topological polar surface area (TPSA) is 85.5 Å². The molecule has 0 atom stereocenters. The third-order valence-electron chi connectivity index (χ3n) is 6.17. The molecule has 2 amide bonds. The number of nitrogens with zero attached hydrogens (tertiary/aromatic N) is 2. The van der Waals surface area contributed by atoms with Crippen molar-refractivity contribution in [1.82, 2.24) is 15.2 Å². The number of halogens is 2. The van der Waals surface area contributed by atoms with E-state index in [1.807, 2.05) is 4.90 Å². The van der Waals surface area contributed by atoms with Crippen LogP contribution in [0.1, 0.15) is 44.9 Å². The van der Waals surface area contributed by atoms with Crippen molar-refractivity contribution < 1.29 is 18.8 Å². The van der Waals surface area contributed by atoms with Gasteiger partial charge in [0.05, 0.1) is 10.6 Å². The van der Waals surface area contributed by atoms with Crippen LogP contribution in [0.3, 0.4) is 0 Å². The highest BCUT2D eigenvalue weighted by atomic mass is 35.5. The molecule has 2 aromatic rings. The number of nitrogens with one attached hydrogen (secondary N) is 2. The minimum absolute atomic E-state index is 0.0477.